The highest BCUT2D eigenvalue weighted by molar-refractivity contribution is 9.10. The molecule has 0 amide bonds. The first kappa shape index (κ1) is 24.7. The zero-order valence-electron chi connectivity index (χ0n) is 19.6. The van der Waals surface area contributed by atoms with Crippen LogP contribution in [0.3, 0.4) is 0 Å². The van der Waals surface area contributed by atoms with E-state index in [9.17, 15) is 8.42 Å². The number of hydrogen-bond acceptors (Lipinski definition) is 7. The van der Waals surface area contributed by atoms with Gasteiger partial charge in [-0.05, 0) is 81.8 Å². The third-order valence-corrected chi connectivity index (χ3v) is 7.22. The van der Waals surface area contributed by atoms with Crippen LogP contribution in [-0.2, 0) is 10.0 Å². The molecule has 11 heteroatoms. The molecule has 0 fully saturated rings. The zero-order valence-corrected chi connectivity index (χ0v) is 22.0. The number of ether oxygens (including phenoxy) is 2. The van der Waals surface area contributed by atoms with E-state index in [4.69, 9.17) is 9.47 Å². The second-order valence-corrected chi connectivity index (χ2v) is 10.3. The van der Waals surface area contributed by atoms with Crippen molar-refractivity contribution in [2.75, 3.05) is 11.3 Å². The number of nitrogens with zero attached hydrogens (tertiary/aromatic N) is 4. The summed E-state index contributed by atoms with van der Waals surface area (Å²) in [6, 6.07) is 14.8. The lowest BCUT2D eigenvalue weighted by Crippen LogP contribution is -2.14. The third-order valence-electron chi connectivity index (χ3n) is 5.32. The Kier molecular flexibility index (Phi) is 7.08. The minimum atomic E-state index is -3.87. The highest BCUT2D eigenvalue weighted by Gasteiger charge is 2.20. The molecule has 0 radical (unpaired) electrons. The van der Waals surface area contributed by atoms with E-state index in [1.54, 1.807) is 60.1 Å². The second kappa shape index (κ2) is 10.0. The van der Waals surface area contributed by atoms with Gasteiger partial charge in [0.25, 0.3) is 10.0 Å². The topological polar surface area (TPSA) is 108 Å². The normalized spacial score (nSPS) is 11.3. The first-order chi connectivity index (χ1) is 16.7. The van der Waals surface area contributed by atoms with Gasteiger partial charge in [-0.1, -0.05) is 15.9 Å². The molecule has 2 aromatic heterocycles. The van der Waals surface area contributed by atoms with Gasteiger partial charge in [0.15, 0.2) is 5.82 Å². The average molecular weight is 558 g/mol. The molecule has 0 bridgehead atoms. The van der Waals surface area contributed by atoms with Crippen molar-refractivity contribution < 1.29 is 17.9 Å². The summed E-state index contributed by atoms with van der Waals surface area (Å²) in [5, 5.41) is 12.8. The van der Waals surface area contributed by atoms with E-state index in [2.05, 4.69) is 35.9 Å². The van der Waals surface area contributed by atoms with Crippen LogP contribution in [0.5, 0.6) is 17.4 Å². The summed E-state index contributed by atoms with van der Waals surface area (Å²) in [5.74, 6) is 1.65. The molecular formula is C24H24BrN5O4S. The Labute approximate surface area is 212 Å². The largest absolute Gasteiger partial charge is 0.492 e. The van der Waals surface area contributed by atoms with Gasteiger partial charge >= 0.3 is 0 Å². The zero-order chi connectivity index (χ0) is 25.2. The van der Waals surface area contributed by atoms with Crippen LogP contribution < -0.4 is 14.2 Å². The number of nitrogens with one attached hydrogen (secondary N) is 1. The predicted octanol–water partition coefficient (Wildman–Crippen LogP) is 5.34. The number of hydrogen-bond donors (Lipinski definition) is 1. The fourth-order valence-corrected chi connectivity index (χ4v) is 5.06. The molecule has 0 atom stereocenters. The predicted molar refractivity (Wildman–Crippen MR) is 136 cm³/mol. The number of halogens is 1. The molecule has 4 rings (SSSR count). The van der Waals surface area contributed by atoms with Gasteiger partial charge in [-0.2, -0.15) is 5.10 Å². The van der Waals surface area contributed by atoms with Crippen LogP contribution in [0.25, 0.3) is 5.82 Å². The first-order valence-corrected chi connectivity index (χ1v) is 13.1. The molecule has 0 unspecified atom stereocenters. The minimum absolute atomic E-state index is 0.0437. The molecule has 0 aliphatic carbocycles. The monoisotopic (exact) mass is 557 g/mol. The third kappa shape index (κ3) is 5.46. The quantitative estimate of drug-likeness (QED) is 0.311. The minimum Gasteiger partial charge on any atom is -0.492 e. The summed E-state index contributed by atoms with van der Waals surface area (Å²) in [5.41, 5.74) is 3.42. The summed E-state index contributed by atoms with van der Waals surface area (Å²) in [4.78, 5) is 0.0437. The number of benzene rings is 2. The van der Waals surface area contributed by atoms with Gasteiger partial charge in [-0.3, -0.25) is 4.72 Å². The van der Waals surface area contributed by atoms with Crippen molar-refractivity contribution in [3.8, 4) is 23.2 Å². The SMILES string of the molecule is CCOc1ccc(Br)cc1S(=O)(=O)Nc1ccc(Oc2ccc(-n3nc(C)c(C)c3C)nn2)cc1. The lowest BCUT2D eigenvalue weighted by atomic mass is 10.2. The Hall–Kier alpha value is -3.44. The molecule has 0 saturated carbocycles. The van der Waals surface area contributed by atoms with Gasteiger partial charge in [0.1, 0.15) is 16.4 Å². The van der Waals surface area contributed by atoms with Crippen LogP contribution in [0.2, 0.25) is 0 Å². The molecule has 182 valence electrons. The number of anilines is 1. The van der Waals surface area contributed by atoms with Gasteiger partial charge in [-0.25, -0.2) is 13.1 Å². The number of rotatable bonds is 8. The number of aromatic nitrogens is 4. The van der Waals surface area contributed by atoms with Crippen LogP contribution in [0.1, 0.15) is 23.9 Å². The van der Waals surface area contributed by atoms with Crippen molar-refractivity contribution in [1.82, 2.24) is 20.0 Å². The molecule has 9 nitrogen and oxygen atoms in total. The van der Waals surface area contributed by atoms with E-state index in [-0.39, 0.29) is 10.6 Å². The maximum Gasteiger partial charge on any atom is 0.265 e. The second-order valence-electron chi connectivity index (χ2n) is 7.69. The van der Waals surface area contributed by atoms with Crippen molar-refractivity contribution >= 4 is 31.6 Å². The van der Waals surface area contributed by atoms with Gasteiger partial charge in [0, 0.05) is 21.9 Å². The number of aryl methyl sites for hydroxylation is 1. The Bertz CT molecular complexity index is 1450. The van der Waals surface area contributed by atoms with Crippen molar-refractivity contribution in [2.45, 2.75) is 32.6 Å². The Morgan fingerprint density at radius 3 is 2.34 bits per heavy atom. The Balaban J connectivity index is 1.47. The van der Waals surface area contributed by atoms with E-state index in [0.717, 1.165) is 17.0 Å². The lowest BCUT2D eigenvalue weighted by molar-refractivity contribution is 0.331. The molecule has 0 aliphatic heterocycles. The number of sulfonamides is 1. The average Bonchev–Trinajstić information content (AvgIpc) is 3.09. The first-order valence-electron chi connectivity index (χ1n) is 10.8. The molecule has 0 spiro atoms. The lowest BCUT2D eigenvalue weighted by Gasteiger charge is -2.13. The molecule has 35 heavy (non-hydrogen) atoms. The van der Waals surface area contributed by atoms with E-state index in [1.807, 2.05) is 20.8 Å². The van der Waals surface area contributed by atoms with Gasteiger partial charge < -0.3 is 9.47 Å². The summed E-state index contributed by atoms with van der Waals surface area (Å²) >= 11 is 3.31. The Morgan fingerprint density at radius 1 is 1.00 bits per heavy atom. The van der Waals surface area contributed by atoms with Gasteiger partial charge in [0.2, 0.25) is 5.88 Å². The van der Waals surface area contributed by atoms with Crippen molar-refractivity contribution in [3.63, 3.8) is 0 Å². The van der Waals surface area contributed by atoms with E-state index in [0.29, 0.717) is 34.2 Å². The van der Waals surface area contributed by atoms with Crippen molar-refractivity contribution in [3.05, 3.63) is 76.0 Å². The van der Waals surface area contributed by atoms with Crippen LogP contribution in [0.15, 0.2) is 64.0 Å². The summed E-state index contributed by atoms with van der Waals surface area (Å²) in [6.45, 7) is 8.08. The molecule has 2 aromatic carbocycles. The Morgan fingerprint density at radius 2 is 1.74 bits per heavy atom. The van der Waals surface area contributed by atoms with Crippen molar-refractivity contribution in [2.24, 2.45) is 0 Å². The molecule has 1 N–H and O–H groups in total. The maximum absolute atomic E-state index is 13.0. The molecule has 0 aliphatic rings. The van der Waals surface area contributed by atoms with E-state index in [1.165, 1.54) is 6.07 Å². The van der Waals surface area contributed by atoms with Crippen LogP contribution in [-0.4, -0.2) is 35.0 Å². The highest BCUT2D eigenvalue weighted by Crippen LogP contribution is 2.30. The summed E-state index contributed by atoms with van der Waals surface area (Å²) < 4.78 is 42.1. The molecular weight excluding hydrogens is 534 g/mol. The fourth-order valence-electron chi connectivity index (χ4n) is 3.31. The smallest absolute Gasteiger partial charge is 0.265 e. The van der Waals surface area contributed by atoms with Crippen molar-refractivity contribution in [1.29, 1.82) is 0 Å². The van der Waals surface area contributed by atoms with Crippen LogP contribution >= 0.6 is 15.9 Å². The van der Waals surface area contributed by atoms with Crippen LogP contribution in [0.4, 0.5) is 5.69 Å². The maximum atomic E-state index is 13.0. The molecule has 4 aromatic rings. The highest BCUT2D eigenvalue weighted by atomic mass is 79.9. The summed E-state index contributed by atoms with van der Waals surface area (Å²) in [7, 11) is -3.87. The molecule has 2 heterocycles. The van der Waals surface area contributed by atoms with E-state index >= 15 is 0 Å². The molecule has 0 saturated heterocycles. The van der Waals surface area contributed by atoms with Gasteiger partial charge in [-0.15, -0.1) is 10.2 Å². The van der Waals surface area contributed by atoms with E-state index < -0.39 is 10.0 Å². The van der Waals surface area contributed by atoms with Crippen LogP contribution in [0, 0.1) is 20.8 Å². The van der Waals surface area contributed by atoms with Gasteiger partial charge in [0.05, 0.1) is 12.3 Å². The summed E-state index contributed by atoms with van der Waals surface area (Å²) in [6.07, 6.45) is 0. The standard InChI is InChI=1S/C24H24BrN5O4S/c1-5-33-21-11-6-18(25)14-22(21)35(31,32)29-19-7-9-20(10-8-19)34-24-13-12-23(26-27-24)30-17(4)15(2)16(3)28-30/h6-14,29H,5H2,1-4H3. The fraction of sp³-hybridized carbons (Fsp3) is 0.208.